The van der Waals surface area contributed by atoms with Crippen LogP contribution in [0.25, 0.3) is 0 Å². The first-order valence-corrected chi connectivity index (χ1v) is 16.5. The summed E-state index contributed by atoms with van der Waals surface area (Å²) in [6.45, 7) is 9.46. The molecule has 5 amide bonds. The Balaban J connectivity index is 1.23. The van der Waals surface area contributed by atoms with E-state index in [1.165, 1.54) is 24.0 Å². The predicted octanol–water partition coefficient (Wildman–Crippen LogP) is 0.461. The number of nitrogens with two attached hydrogens (primary N) is 1. The van der Waals surface area contributed by atoms with E-state index >= 15 is 0 Å². The number of likely N-dealkylation sites (tertiary alicyclic amines) is 1. The normalized spacial score (nSPS) is 29.8. The first-order chi connectivity index (χ1) is 20.1. The number of benzene rings is 1. The maximum atomic E-state index is 13.6. The number of hydrogen-bond donors (Lipinski definition) is 4. The lowest BCUT2D eigenvalue weighted by molar-refractivity contribution is -0.143. The monoisotopic (exact) mass is 615 g/mol. The van der Waals surface area contributed by atoms with Crippen LogP contribution in [-0.2, 0) is 29.0 Å². The van der Waals surface area contributed by atoms with Crippen molar-refractivity contribution < 1.29 is 32.4 Å². The minimum absolute atomic E-state index is 0.0707. The molecule has 0 spiro atoms. The highest BCUT2D eigenvalue weighted by molar-refractivity contribution is 7.91. The molecule has 13 heteroatoms. The summed E-state index contributed by atoms with van der Waals surface area (Å²) >= 11 is 0. The second-order valence-corrected chi connectivity index (χ2v) is 15.6. The molecule has 3 saturated carbocycles. The van der Waals surface area contributed by atoms with E-state index in [9.17, 15) is 32.4 Å². The highest BCUT2D eigenvalue weighted by Crippen LogP contribution is 2.69. The lowest BCUT2D eigenvalue weighted by atomic mass is 9.96. The molecule has 5 N–H and O–H groups in total. The van der Waals surface area contributed by atoms with Crippen LogP contribution in [0, 0.1) is 40.9 Å². The van der Waals surface area contributed by atoms with Crippen LogP contribution in [0.5, 0.6) is 0 Å². The Morgan fingerprint density at radius 3 is 2.16 bits per heavy atom. The topological polar surface area (TPSA) is 185 Å². The number of carbonyl (C=O) groups is 5. The van der Waals surface area contributed by atoms with Crippen LogP contribution in [-0.4, -0.2) is 79.3 Å². The van der Waals surface area contributed by atoms with Crippen LogP contribution in [0.4, 0.5) is 4.79 Å². The molecule has 1 heterocycles. The fourth-order valence-electron chi connectivity index (χ4n) is 6.94. The van der Waals surface area contributed by atoms with Gasteiger partial charge in [-0.05, 0) is 66.4 Å². The summed E-state index contributed by atoms with van der Waals surface area (Å²) in [6.07, 6.45) is 0.968. The molecule has 5 unspecified atom stereocenters. The Hall–Kier alpha value is -3.48. The number of primary amides is 1. The number of urea groups is 1. The van der Waals surface area contributed by atoms with Crippen LogP contribution in [0.15, 0.2) is 35.2 Å². The van der Waals surface area contributed by atoms with E-state index in [2.05, 4.69) is 16.0 Å². The zero-order valence-electron chi connectivity index (χ0n) is 25.1. The maximum Gasteiger partial charge on any atom is 0.315 e. The third-order valence-electron chi connectivity index (χ3n) is 10.0. The zero-order valence-corrected chi connectivity index (χ0v) is 25.9. The van der Waals surface area contributed by atoms with Gasteiger partial charge in [0.05, 0.1) is 10.6 Å². The van der Waals surface area contributed by atoms with Crippen LogP contribution in [0.2, 0.25) is 0 Å². The lowest BCUT2D eigenvalue weighted by Gasteiger charge is -2.33. The molecular weight excluding hydrogens is 574 g/mol. The Bertz CT molecular complexity index is 1440. The lowest BCUT2D eigenvalue weighted by Crippen LogP contribution is -2.59. The molecule has 4 fully saturated rings. The summed E-state index contributed by atoms with van der Waals surface area (Å²) in [7, 11) is -3.68. The van der Waals surface area contributed by atoms with Gasteiger partial charge in [0.15, 0.2) is 9.84 Å². The van der Waals surface area contributed by atoms with Gasteiger partial charge >= 0.3 is 6.03 Å². The van der Waals surface area contributed by atoms with Crippen LogP contribution < -0.4 is 21.7 Å². The van der Waals surface area contributed by atoms with E-state index < -0.39 is 63.5 Å². The molecule has 8 atom stereocenters. The molecule has 1 aromatic carbocycles. The number of fused-ring (bicyclic) bond motifs is 2. The summed E-state index contributed by atoms with van der Waals surface area (Å²) < 4.78 is 25.9. The number of sulfone groups is 1. The van der Waals surface area contributed by atoms with E-state index in [-0.39, 0.29) is 39.7 Å². The van der Waals surface area contributed by atoms with Gasteiger partial charge in [0.25, 0.3) is 5.91 Å². The summed E-state index contributed by atoms with van der Waals surface area (Å²) in [4.78, 5) is 66.0. The predicted molar refractivity (Wildman–Crippen MR) is 156 cm³/mol. The van der Waals surface area contributed by atoms with Crippen molar-refractivity contribution in [3.8, 4) is 0 Å². The molecule has 0 bridgehead atoms. The Morgan fingerprint density at radius 1 is 1.00 bits per heavy atom. The van der Waals surface area contributed by atoms with Gasteiger partial charge in [-0.3, -0.25) is 19.2 Å². The molecule has 1 aromatic rings. The molecule has 1 aliphatic heterocycles. The van der Waals surface area contributed by atoms with Crippen molar-refractivity contribution in [2.45, 2.75) is 70.1 Å². The number of nitrogens with one attached hydrogen (secondary N) is 3. The fraction of sp³-hybridized carbons (Fsp3) is 0.633. The molecule has 0 aromatic heterocycles. The average Bonchev–Trinajstić information content (AvgIpc) is 3.87. The van der Waals surface area contributed by atoms with Gasteiger partial charge < -0.3 is 26.6 Å². The standard InChI is InChI=1S/C30H41N5O7S/c1-14(2)20(13-43(41,42)16-9-7-6-8-10-16)33-29(40)32-15(3)28(39)35-12-19-22(30(19,4)5)24(35)27(38)34-23(25(36)26(31)37)21-17-11-18(17)21/h6-10,14-15,17-24H,11-13H2,1-5H3,(H2,31,37)(H,34,38)(H2,32,33,40)/t15-,17?,18?,19?,20+,21?,22+,23?,24?/m0/s1. The molecule has 0 radical (unpaired) electrons. The summed E-state index contributed by atoms with van der Waals surface area (Å²) in [6, 6.07) is 3.68. The van der Waals surface area contributed by atoms with Crippen molar-refractivity contribution in [3.63, 3.8) is 0 Å². The van der Waals surface area contributed by atoms with E-state index in [0.717, 1.165) is 6.42 Å². The maximum absolute atomic E-state index is 13.6. The molecule has 1 saturated heterocycles. The van der Waals surface area contributed by atoms with Crippen molar-refractivity contribution in [1.29, 1.82) is 0 Å². The minimum Gasteiger partial charge on any atom is -0.363 e. The van der Waals surface area contributed by atoms with Gasteiger partial charge in [-0.2, -0.15) is 0 Å². The molecule has 43 heavy (non-hydrogen) atoms. The van der Waals surface area contributed by atoms with E-state index in [1.54, 1.807) is 32.0 Å². The van der Waals surface area contributed by atoms with Crippen molar-refractivity contribution in [2.24, 2.45) is 46.7 Å². The molecule has 4 aliphatic rings. The number of rotatable bonds is 12. The number of Topliss-reactive ketones (excluding diaryl/α,β-unsaturated/α-hetero) is 1. The Morgan fingerprint density at radius 2 is 1.63 bits per heavy atom. The smallest absolute Gasteiger partial charge is 0.315 e. The number of amides is 5. The van der Waals surface area contributed by atoms with E-state index in [0.29, 0.717) is 18.4 Å². The van der Waals surface area contributed by atoms with Crippen molar-refractivity contribution >= 4 is 39.4 Å². The van der Waals surface area contributed by atoms with Gasteiger partial charge in [0.1, 0.15) is 18.1 Å². The van der Waals surface area contributed by atoms with Crippen LogP contribution in [0.1, 0.15) is 41.0 Å². The summed E-state index contributed by atoms with van der Waals surface area (Å²) in [5.74, 6) is -2.94. The SMILES string of the molecule is CC(C)[C@@H](CS(=O)(=O)c1ccccc1)NC(=O)N[C@@H](C)C(=O)N1CC2[C@H](C1C(=O)NC(C(=O)C(N)=O)C1C3CC31)C2(C)C. The molecular formula is C30H41N5O7S. The summed E-state index contributed by atoms with van der Waals surface area (Å²) in [5, 5.41) is 8.06. The number of nitrogens with zero attached hydrogens (tertiary/aromatic N) is 1. The molecule has 3 aliphatic carbocycles. The number of carbonyl (C=O) groups excluding carboxylic acids is 5. The first-order valence-electron chi connectivity index (χ1n) is 14.9. The van der Waals surface area contributed by atoms with Crippen molar-refractivity contribution in [2.75, 3.05) is 12.3 Å². The third kappa shape index (κ3) is 5.87. The molecule has 234 valence electrons. The number of hydrogen-bond acceptors (Lipinski definition) is 7. The van der Waals surface area contributed by atoms with Gasteiger partial charge in [0, 0.05) is 12.6 Å². The first kappa shape index (κ1) is 31.0. The number of piperidine rings is 1. The Kier molecular flexibility index (Phi) is 7.85. The Labute approximate surface area is 251 Å². The largest absolute Gasteiger partial charge is 0.363 e. The van der Waals surface area contributed by atoms with Crippen LogP contribution >= 0.6 is 0 Å². The molecule has 5 rings (SSSR count). The van der Waals surface area contributed by atoms with Gasteiger partial charge in [-0.15, -0.1) is 0 Å². The highest BCUT2D eigenvalue weighted by Gasteiger charge is 2.71. The fourth-order valence-corrected chi connectivity index (χ4v) is 8.65. The zero-order chi connectivity index (χ0) is 31.6. The van der Waals surface area contributed by atoms with Gasteiger partial charge in [-0.25, -0.2) is 13.2 Å². The summed E-state index contributed by atoms with van der Waals surface area (Å²) in [5.41, 5.74) is 5.08. The van der Waals surface area contributed by atoms with Crippen molar-refractivity contribution in [3.05, 3.63) is 30.3 Å². The quantitative estimate of drug-likeness (QED) is 0.246. The van der Waals surface area contributed by atoms with E-state index in [1.807, 2.05) is 13.8 Å². The highest BCUT2D eigenvalue weighted by atomic mass is 32.2. The van der Waals surface area contributed by atoms with Gasteiger partial charge in [0.2, 0.25) is 17.6 Å². The van der Waals surface area contributed by atoms with Crippen molar-refractivity contribution in [1.82, 2.24) is 20.9 Å². The van der Waals surface area contributed by atoms with Gasteiger partial charge in [-0.1, -0.05) is 45.9 Å². The second kappa shape index (κ2) is 10.9. The minimum atomic E-state index is -3.68. The van der Waals surface area contributed by atoms with Crippen LogP contribution in [0.3, 0.4) is 0 Å². The second-order valence-electron chi connectivity index (χ2n) is 13.5. The average molecular weight is 616 g/mol. The number of ketones is 1. The third-order valence-corrected chi connectivity index (χ3v) is 11.8. The molecule has 12 nitrogen and oxygen atoms in total. The van der Waals surface area contributed by atoms with E-state index in [4.69, 9.17) is 5.73 Å².